The Bertz CT molecular complexity index is 1470. The van der Waals surface area contributed by atoms with Gasteiger partial charge >= 0.3 is 18.2 Å². The molecule has 0 aliphatic heterocycles. The van der Waals surface area contributed by atoms with Crippen LogP contribution in [0.15, 0.2) is 121 Å². The van der Waals surface area contributed by atoms with Crippen LogP contribution in [0.4, 0.5) is 9.59 Å². The molecule has 4 aromatic carbocycles. The molecular formula is C36H37BrN2O6. The smallest absolute Gasteiger partial charge is 0.407 e. The highest BCUT2D eigenvalue weighted by atomic mass is 79.9. The van der Waals surface area contributed by atoms with Crippen LogP contribution in [0.5, 0.6) is 0 Å². The second kappa shape index (κ2) is 17.6. The minimum absolute atomic E-state index is 0.0755. The maximum atomic E-state index is 13.1. The van der Waals surface area contributed by atoms with Crippen molar-refractivity contribution in [1.29, 1.82) is 0 Å². The molecule has 0 aliphatic rings. The number of benzene rings is 4. The highest BCUT2D eigenvalue weighted by molar-refractivity contribution is 9.09. The number of carbonyl (C=O) groups excluding carboxylic acids is 3. The highest BCUT2D eigenvalue weighted by Crippen LogP contribution is 2.24. The van der Waals surface area contributed by atoms with Gasteiger partial charge in [-0.2, -0.15) is 0 Å². The number of esters is 1. The first kappa shape index (κ1) is 33.3. The fraction of sp³-hybridized carbons (Fsp3) is 0.250. The van der Waals surface area contributed by atoms with Gasteiger partial charge in [-0.1, -0.05) is 137 Å². The van der Waals surface area contributed by atoms with Gasteiger partial charge < -0.3 is 24.8 Å². The van der Waals surface area contributed by atoms with E-state index in [4.69, 9.17) is 14.2 Å². The van der Waals surface area contributed by atoms with Crippen molar-refractivity contribution >= 4 is 34.1 Å². The average molecular weight is 674 g/mol. The van der Waals surface area contributed by atoms with Crippen LogP contribution in [0.25, 0.3) is 0 Å². The molecule has 0 unspecified atom stereocenters. The van der Waals surface area contributed by atoms with E-state index in [-0.39, 0.29) is 13.2 Å². The summed E-state index contributed by atoms with van der Waals surface area (Å²) in [6.07, 6.45) is -1.47. The van der Waals surface area contributed by atoms with Crippen LogP contribution in [-0.4, -0.2) is 41.2 Å². The molecule has 45 heavy (non-hydrogen) atoms. The number of alkyl carbamates (subject to hydrolysis) is 2. The predicted octanol–water partition coefficient (Wildman–Crippen LogP) is 6.76. The summed E-state index contributed by atoms with van der Waals surface area (Å²) >= 11 is 3.76. The van der Waals surface area contributed by atoms with Gasteiger partial charge in [-0.3, -0.25) is 4.79 Å². The molecule has 0 bridgehead atoms. The molecule has 0 spiro atoms. The fourth-order valence-electron chi connectivity index (χ4n) is 4.85. The molecular weight excluding hydrogens is 636 g/mol. The van der Waals surface area contributed by atoms with Crippen molar-refractivity contribution in [3.8, 4) is 0 Å². The van der Waals surface area contributed by atoms with E-state index in [1.54, 1.807) is 0 Å². The molecule has 4 aromatic rings. The Hall–Kier alpha value is -4.63. The molecule has 4 atom stereocenters. The highest BCUT2D eigenvalue weighted by Gasteiger charge is 2.38. The van der Waals surface area contributed by atoms with Crippen LogP contribution in [0, 0.1) is 0 Å². The lowest BCUT2D eigenvalue weighted by Gasteiger charge is -2.35. The number of carbonyl (C=O) groups is 3. The van der Waals surface area contributed by atoms with Crippen LogP contribution in [0.1, 0.15) is 29.2 Å². The molecule has 0 radical (unpaired) electrons. The molecule has 234 valence electrons. The first-order valence-corrected chi connectivity index (χ1v) is 15.6. The molecule has 9 heteroatoms. The Kier molecular flexibility index (Phi) is 13.0. The minimum atomic E-state index is -0.907. The SMILES string of the molecule is CC(=O)O[C@@H]([C@@H](Br)[C@H](Cc1ccccc1)NC(=O)OCc1ccccc1)[C@H](Cc1ccccc1)NC(=O)OCc1ccccc1. The molecule has 0 saturated heterocycles. The number of nitrogens with one attached hydrogen (secondary N) is 2. The first-order chi connectivity index (χ1) is 21.9. The van der Waals surface area contributed by atoms with Gasteiger partial charge in [-0.25, -0.2) is 9.59 Å². The zero-order valence-corrected chi connectivity index (χ0v) is 26.6. The molecule has 0 fully saturated rings. The van der Waals surface area contributed by atoms with Gasteiger partial charge in [-0.15, -0.1) is 0 Å². The van der Waals surface area contributed by atoms with E-state index in [0.717, 1.165) is 22.3 Å². The summed E-state index contributed by atoms with van der Waals surface area (Å²) in [5.41, 5.74) is 3.55. The van der Waals surface area contributed by atoms with Gasteiger partial charge in [0.2, 0.25) is 0 Å². The summed E-state index contributed by atoms with van der Waals surface area (Å²) in [5, 5.41) is 5.89. The Morgan fingerprint density at radius 2 is 0.933 bits per heavy atom. The van der Waals surface area contributed by atoms with E-state index >= 15 is 0 Å². The summed E-state index contributed by atoms with van der Waals surface area (Å²) in [7, 11) is 0. The molecule has 8 nitrogen and oxygen atoms in total. The van der Waals surface area contributed by atoms with Gasteiger partial charge in [0, 0.05) is 6.92 Å². The van der Waals surface area contributed by atoms with Gasteiger partial charge in [0.1, 0.15) is 19.3 Å². The van der Waals surface area contributed by atoms with Gasteiger partial charge in [0.25, 0.3) is 0 Å². The lowest BCUT2D eigenvalue weighted by Crippen LogP contribution is -2.56. The van der Waals surface area contributed by atoms with Gasteiger partial charge in [0.15, 0.2) is 0 Å². The third-order valence-corrected chi connectivity index (χ3v) is 8.18. The van der Waals surface area contributed by atoms with Crippen molar-refractivity contribution in [2.45, 2.75) is 56.0 Å². The maximum Gasteiger partial charge on any atom is 0.407 e. The first-order valence-electron chi connectivity index (χ1n) is 14.7. The fourth-order valence-corrected chi connectivity index (χ4v) is 5.65. The van der Waals surface area contributed by atoms with Crippen molar-refractivity contribution in [1.82, 2.24) is 10.6 Å². The van der Waals surface area contributed by atoms with Crippen LogP contribution < -0.4 is 10.6 Å². The Balaban J connectivity index is 1.57. The number of amides is 2. The number of rotatable bonds is 14. The average Bonchev–Trinajstić information content (AvgIpc) is 3.06. The third-order valence-electron chi connectivity index (χ3n) is 7.03. The van der Waals surface area contributed by atoms with Crippen LogP contribution >= 0.6 is 15.9 Å². The molecule has 4 rings (SSSR count). The predicted molar refractivity (Wildman–Crippen MR) is 176 cm³/mol. The quantitative estimate of drug-likeness (QED) is 0.0872. The molecule has 0 heterocycles. The van der Waals surface area contributed by atoms with Gasteiger partial charge in [0.05, 0.1) is 16.9 Å². The molecule has 0 aromatic heterocycles. The Labute approximate surface area is 272 Å². The normalized spacial score (nSPS) is 13.4. The Morgan fingerprint density at radius 3 is 1.33 bits per heavy atom. The Morgan fingerprint density at radius 1 is 0.578 bits per heavy atom. The van der Waals surface area contributed by atoms with Crippen LogP contribution in [0.2, 0.25) is 0 Å². The lowest BCUT2D eigenvalue weighted by molar-refractivity contribution is -0.148. The number of halogens is 1. The number of alkyl halides is 1. The van der Waals surface area contributed by atoms with E-state index in [9.17, 15) is 14.4 Å². The third kappa shape index (κ3) is 11.4. The maximum absolute atomic E-state index is 13.1. The van der Waals surface area contributed by atoms with Crippen molar-refractivity contribution in [2.24, 2.45) is 0 Å². The van der Waals surface area contributed by atoms with E-state index < -0.39 is 41.2 Å². The topological polar surface area (TPSA) is 103 Å². The summed E-state index contributed by atoms with van der Waals surface area (Å²) in [6.45, 7) is 1.48. The lowest BCUT2D eigenvalue weighted by atomic mass is 9.93. The molecule has 0 aliphatic carbocycles. The molecule has 0 saturated carbocycles. The zero-order chi connectivity index (χ0) is 31.9. The minimum Gasteiger partial charge on any atom is -0.459 e. The number of hydrogen-bond acceptors (Lipinski definition) is 6. The second-order valence-electron chi connectivity index (χ2n) is 10.5. The standard InChI is InChI=1S/C36H37BrN2O6/c1-26(40)45-34(32(23-28-16-8-3-9-17-28)39-36(42)44-25-30-20-12-5-13-21-30)33(37)31(22-27-14-6-2-7-15-27)38-35(41)43-24-29-18-10-4-11-19-29/h2-21,31-34H,22-25H2,1H3,(H,38,41)(H,39,42)/t31-,32-,33-,34+/m0/s1. The van der Waals surface area contributed by atoms with E-state index in [1.165, 1.54) is 6.92 Å². The number of hydrogen-bond donors (Lipinski definition) is 2. The van der Waals surface area contributed by atoms with E-state index in [2.05, 4.69) is 26.6 Å². The summed E-state index contributed by atoms with van der Waals surface area (Å²) in [6, 6.07) is 36.6. The van der Waals surface area contributed by atoms with E-state index in [1.807, 2.05) is 121 Å². The van der Waals surface area contributed by atoms with Crippen molar-refractivity contribution < 1.29 is 28.6 Å². The number of ether oxygens (including phenoxy) is 3. The molecule has 2 amide bonds. The molecule has 2 N–H and O–H groups in total. The monoisotopic (exact) mass is 672 g/mol. The van der Waals surface area contributed by atoms with Crippen molar-refractivity contribution in [3.63, 3.8) is 0 Å². The van der Waals surface area contributed by atoms with Crippen molar-refractivity contribution in [2.75, 3.05) is 0 Å². The van der Waals surface area contributed by atoms with Gasteiger partial charge in [-0.05, 0) is 35.1 Å². The summed E-state index contributed by atoms with van der Waals surface area (Å²) < 4.78 is 17.0. The largest absolute Gasteiger partial charge is 0.459 e. The summed E-state index contributed by atoms with van der Waals surface area (Å²) in [4.78, 5) is 38.0. The van der Waals surface area contributed by atoms with Crippen LogP contribution in [0.3, 0.4) is 0 Å². The second-order valence-corrected chi connectivity index (χ2v) is 11.6. The van der Waals surface area contributed by atoms with E-state index in [0.29, 0.717) is 12.8 Å². The summed E-state index contributed by atoms with van der Waals surface area (Å²) in [5.74, 6) is -0.535. The zero-order valence-electron chi connectivity index (χ0n) is 25.0. The van der Waals surface area contributed by atoms with Crippen molar-refractivity contribution in [3.05, 3.63) is 144 Å². The van der Waals surface area contributed by atoms with Crippen LogP contribution in [-0.2, 0) is 45.1 Å².